The number of aromatic carboxylic acids is 1. The first-order valence-electron chi connectivity index (χ1n) is 6.37. The highest BCUT2D eigenvalue weighted by Crippen LogP contribution is 2.18. The highest BCUT2D eigenvalue weighted by Gasteiger charge is 2.22. The molecule has 0 bridgehead atoms. The van der Waals surface area contributed by atoms with E-state index in [1.807, 2.05) is 0 Å². The summed E-state index contributed by atoms with van der Waals surface area (Å²) in [6, 6.07) is 0.904. The zero-order valence-corrected chi connectivity index (χ0v) is 11.2. The van der Waals surface area contributed by atoms with Gasteiger partial charge in [-0.05, 0) is 18.9 Å². The van der Waals surface area contributed by atoms with Crippen molar-refractivity contribution in [2.75, 3.05) is 31.6 Å². The van der Waals surface area contributed by atoms with E-state index in [0.717, 1.165) is 38.2 Å². The van der Waals surface area contributed by atoms with Crippen molar-refractivity contribution in [1.29, 1.82) is 0 Å². The van der Waals surface area contributed by atoms with Crippen LogP contribution in [0.4, 0.5) is 10.2 Å². The lowest BCUT2D eigenvalue weighted by atomic mass is 10.2. The third-order valence-electron chi connectivity index (χ3n) is 3.26. The van der Waals surface area contributed by atoms with E-state index in [9.17, 15) is 14.0 Å². The maximum Gasteiger partial charge on any atom is 0.339 e. The van der Waals surface area contributed by atoms with E-state index >= 15 is 0 Å². The number of nitrogens with zero attached hydrogens (tertiary/aromatic N) is 3. The summed E-state index contributed by atoms with van der Waals surface area (Å²) in [6.45, 7) is 1.49. The van der Waals surface area contributed by atoms with Crippen LogP contribution in [0.2, 0.25) is 0 Å². The van der Waals surface area contributed by atoms with Gasteiger partial charge in [-0.2, -0.15) is 0 Å². The number of amides is 1. The number of likely N-dealkylation sites (N-methyl/N-ethyl adjacent to an activating group) is 1. The van der Waals surface area contributed by atoms with Crippen LogP contribution in [0.15, 0.2) is 12.3 Å². The normalized spacial score (nSPS) is 14.4. The first kappa shape index (κ1) is 14.2. The number of carbonyl (C=O) groups excluding carboxylic acids is 1. The molecule has 0 aliphatic carbocycles. The number of anilines is 1. The Labute approximate surface area is 115 Å². The molecule has 1 amide bonds. The van der Waals surface area contributed by atoms with Gasteiger partial charge >= 0.3 is 5.97 Å². The lowest BCUT2D eigenvalue weighted by Gasteiger charge is -2.23. The molecule has 108 valence electrons. The Kier molecular flexibility index (Phi) is 4.16. The number of rotatable bonds is 4. The molecule has 0 unspecified atom stereocenters. The maximum atomic E-state index is 13.1. The first-order chi connectivity index (χ1) is 9.49. The molecule has 2 heterocycles. The molecule has 0 aromatic carbocycles. The van der Waals surface area contributed by atoms with Crippen LogP contribution in [-0.4, -0.2) is 53.5 Å². The summed E-state index contributed by atoms with van der Waals surface area (Å²) in [5.74, 6) is -1.98. The molecule has 0 radical (unpaired) electrons. The smallest absolute Gasteiger partial charge is 0.339 e. The highest BCUT2D eigenvalue weighted by atomic mass is 19.1. The molecule has 1 aromatic heterocycles. The fourth-order valence-corrected chi connectivity index (χ4v) is 2.24. The summed E-state index contributed by atoms with van der Waals surface area (Å²) in [6.07, 6.45) is 2.92. The quantitative estimate of drug-likeness (QED) is 0.890. The molecule has 1 N–H and O–H groups in total. The van der Waals surface area contributed by atoms with Crippen molar-refractivity contribution in [1.82, 2.24) is 9.88 Å². The van der Waals surface area contributed by atoms with Gasteiger partial charge in [-0.15, -0.1) is 0 Å². The third-order valence-corrected chi connectivity index (χ3v) is 3.26. The van der Waals surface area contributed by atoms with Crippen molar-refractivity contribution >= 4 is 17.7 Å². The van der Waals surface area contributed by atoms with Gasteiger partial charge in [-0.3, -0.25) is 4.79 Å². The topological polar surface area (TPSA) is 73.7 Å². The lowest BCUT2D eigenvalue weighted by molar-refractivity contribution is -0.128. The van der Waals surface area contributed by atoms with E-state index in [2.05, 4.69) is 4.98 Å². The van der Waals surface area contributed by atoms with Crippen molar-refractivity contribution in [3.8, 4) is 0 Å². The molecule has 0 saturated carbocycles. The minimum Gasteiger partial charge on any atom is -0.478 e. The number of hydrogen-bond donors (Lipinski definition) is 1. The van der Waals surface area contributed by atoms with Gasteiger partial charge in [0.2, 0.25) is 5.91 Å². The zero-order valence-electron chi connectivity index (χ0n) is 11.2. The van der Waals surface area contributed by atoms with Crippen molar-refractivity contribution in [2.45, 2.75) is 12.8 Å². The molecule has 1 aliphatic heterocycles. The van der Waals surface area contributed by atoms with Gasteiger partial charge in [0.15, 0.2) is 0 Å². The molecular formula is C13H16FN3O3. The minimum absolute atomic E-state index is 0.0267. The van der Waals surface area contributed by atoms with Gasteiger partial charge in [0.05, 0.1) is 12.7 Å². The van der Waals surface area contributed by atoms with Crippen LogP contribution in [0.5, 0.6) is 0 Å². The predicted octanol–water partition coefficient (Wildman–Crippen LogP) is 0.977. The molecule has 1 aliphatic rings. The Hall–Kier alpha value is -2.18. The van der Waals surface area contributed by atoms with E-state index < -0.39 is 11.8 Å². The summed E-state index contributed by atoms with van der Waals surface area (Å²) in [4.78, 5) is 30.1. The number of likely N-dealkylation sites (tertiary alicyclic amines) is 1. The van der Waals surface area contributed by atoms with Crippen LogP contribution in [0.25, 0.3) is 0 Å². The first-order valence-corrected chi connectivity index (χ1v) is 6.37. The molecule has 1 saturated heterocycles. The van der Waals surface area contributed by atoms with Crippen LogP contribution in [0.1, 0.15) is 23.2 Å². The van der Waals surface area contributed by atoms with Crippen LogP contribution in [0, 0.1) is 5.82 Å². The summed E-state index contributed by atoms with van der Waals surface area (Å²) < 4.78 is 13.1. The van der Waals surface area contributed by atoms with Gasteiger partial charge in [-0.1, -0.05) is 0 Å². The van der Waals surface area contributed by atoms with E-state index in [4.69, 9.17) is 5.11 Å². The predicted molar refractivity (Wildman–Crippen MR) is 70.2 cm³/mol. The SMILES string of the molecule is CN(CC(=O)N1CCCC1)c1ncc(F)cc1C(=O)O. The molecular weight excluding hydrogens is 265 g/mol. The largest absolute Gasteiger partial charge is 0.478 e. The van der Waals surface area contributed by atoms with E-state index in [1.165, 1.54) is 4.90 Å². The van der Waals surface area contributed by atoms with E-state index in [-0.39, 0.29) is 23.8 Å². The number of hydrogen-bond acceptors (Lipinski definition) is 4. The second-order valence-electron chi connectivity index (χ2n) is 4.77. The number of carboxylic acid groups (broad SMARTS) is 1. The van der Waals surface area contributed by atoms with Gasteiger partial charge < -0.3 is 14.9 Å². The van der Waals surface area contributed by atoms with Crippen molar-refractivity contribution in [2.24, 2.45) is 0 Å². The molecule has 0 spiro atoms. The number of halogens is 1. The van der Waals surface area contributed by atoms with Crippen molar-refractivity contribution < 1.29 is 19.1 Å². The number of aromatic nitrogens is 1. The van der Waals surface area contributed by atoms with Crippen molar-refractivity contribution in [3.05, 3.63) is 23.6 Å². The lowest BCUT2D eigenvalue weighted by Crippen LogP contribution is -2.38. The third kappa shape index (κ3) is 3.04. The van der Waals surface area contributed by atoms with Crippen LogP contribution >= 0.6 is 0 Å². The second kappa shape index (κ2) is 5.85. The highest BCUT2D eigenvalue weighted by molar-refractivity contribution is 5.94. The molecule has 1 fully saturated rings. The van der Waals surface area contributed by atoms with Crippen LogP contribution in [0.3, 0.4) is 0 Å². The summed E-state index contributed by atoms with van der Waals surface area (Å²) in [5, 5.41) is 9.06. The molecule has 20 heavy (non-hydrogen) atoms. The van der Waals surface area contributed by atoms with Gasteiger partial charge in [0.25, 0.3) is 0 Å². The number of carbonyl (C=O) groups is 2. The Bertz CT molecular complexity index is 530. The Morgan fingerprint density at radius 1 is 1.45 bits per heavy atom. The minimum atomic E-state index is -1.27. The van der Waals surface area contributed by atoms with Crippen molar-refractivity contribution in [3.63, 3.8) is 0 Å². The van der Waals surface area contributed by atoms with E-state index in [1.54, 1.807) is 11.9 Å². The van der Waals surface area contributed by atoms with Gasteiger partial charge in [-0.25, -0.2) is 14.2 Å². The number of pyridine rings is 1. The number of carboxylic acids is 1. The molecule has 7 heteroatoms. The molecule has 6 nitrogen and oxygen atoms in total. The standard InChI is InChI=1S/C13H16FN3O3/c1-16(8-11(18)17-4-2-3-5-17)12-10(13(19)20)6-9(14)7-15-12/h6-7H,2-5,8H2,1H3,(H,19,20). The molecule has 2 rings (SSSR count). The zero-order chi connectivity index (χ0) is 14.7. The van der Waals surface area contributed by atoms with Gasteiger partial charge in [0.1, 0.15) is 17.2 Å². The second-order valence-corrected chi connectivity index (χ2v) is 4.77. The summed E-state index contributed by atoms with van der Waals surface area (Å²) in [5.41, 5.74) is -0.248. The monoisotopic (exact) mass is 281 g/mol. The van der Waals surface area contributed by atoms with E-state index in [0.29, 0.717) is 0 Å². The maximum absolute atomic E-state index is 13.1. The Balaban J connectivity index is 2.14. The average molecular weight is 281 g/mol. The Morgan fingerprint density at radius 2 is 2.10 bits per heavy atom. The van der Waals surface area contributed by atoms with Crippen LogP contribution in [-0.2, 0) is 4.79 Å². The Morgan fingerprint density at radius 3 is 2.70 bits per heavy atom. The summed E-state index contributed by atoms with van der Waals surface area (Å²) >= 11 is 0. The molecule has 0 atom stereocenters. The molecule has 1 aromatic rings. The average Bonchev–Trinajstić information content (AvgIpc) is 2.92. The van der Waals surface area contributed by atoms with Gasteiger partial charge in [0, 0.05) is 20.1 Å². The fraction of sp³-hybridized carbons (Fsp3) is 0.462. The fourth-order valence-electron chi connectivity index (χ4n) is 2.24. The summed E-state index contributed by atoms with van der Waals surface area (Å²) in [7, 11) is 1.57. The van der Waals surface area contributed by atoms with Crippen LogP contribution < -0.4 is 4.90 Å².